The average molecular weight is 225 g/mol. The maximum absolute atomic E-state index is 8.99. The number of hydrogen-bond donors (Lipinski definition) is 1. The van der Waals surface area contributed by atoms with E-state index in [4.69, 9.17) is 9.84 Å². The van der Waals surface area contributed by atoms with Crippen molar-refractivity contribution in [1.29, 1.82) is 0 Å². The van der Waals surface area contributed by atoms with Crippen LogP contribution in [-0.2, 0) is 24.4 Å². The van der Waals surface area contributed by atoms with Gasteiger partial charge in [0.05, 0.1) is 31.1 Å². The lowest BCUT2D eigenvalue weighted by molar-refractivity contribution is 0.114. The number of hydrogen-bond acceptors (Lipinski definition) is 4. The number of aliphatic hydroxyl groups excluding tert-OH is 1. The lowest BCUT2D eigenvalue weighted by Gasteiger charge is -2.33. The Balaban J connectivity index is 2.12. The van der Waals surface area contributed by atoms with Gasteiger partial charge in [-0.15, -0.1) is 0 Å². The van der Waals surface area contributed by atoms with E-state index in [-0.39, 0.29) is 6.61 Å². The average Bonchev–Trinajstić information content (AvgIpc) is 2.61. The summed E-state index contributed by atoms with van der Waals surface area (Å²) in [4.78, 5) is 2.27. The molecule has 0 amide bonds. The van der Waals surface area contributed by atoms with Crippen LogP contribution in [0.5, 0.6) is 0 Å². The number of β-amino-alcohol motifs (C(OH)–C–C–N with tert-alkyl or cyclic N) is 1. The Morgan fingerprint density at radius 1 is 1.62 bits per heavy atom. The zero-order valence-electron chi connectivity index (χ0n) is 9.89. The highest BCUT2D eigenvalue weighted by Crippen LogP contribution is 2.18. The lowest BCUT2D eigenvalue weighted by Crippen LogP contribution is -2.42. The summed E-state index contributed by atoms with van der Waals surface area (Å²) in [5.74, 6) is 0. The van der Waals surface area contributed by atoms with Crippen molar-refractivity contribution in [2.45, 2.75) is 32.7 Å². The first kappa shape index (κ1) is 11.6. The van der Waals surface area contributed by atoms with E-state index in [0.29, 0.717) is 12.6 Å². The molecule has 2 heterocycles. The third kappa shape index (κ3) is 2.26. The van der Waals surface area contributed by atoms with E-state index in [2.05, 4.69) is 23.0 Å². The van der Waals surface area contributed by atoms with Gasteiger partial charge in [0.15, 0.2) is 0 Å². The van der Waals surface area contributed by atoms with Gasteiger partial charge in [-0.1, -0.05) is 0 Å². The van der Waals surface area contributed by atoms with Gasteiger partial charge in [-0.05, 0) is 13.0 Å². The third-order valence-electron chi connectivity index (χ3n) is 3.02. The molecule has 90 valence electrons. The molecule has 1 aliphatic rings. The molecule has 16 heavy (non-hydrogen) atoms. The molecule has 2 rings (SSSR count). The maximum Gasteiger partial charge on any atom is 0.0902 e. The SMILES string of the molecule is COCc1cc2n(n1)C[C@H](C)N(CCO)C2. The van der Waals surface area contributed by atoms with Gasteiger partial charge in [0.2, 0.25) is 0 Å². The van der Waals surface area contributed by atoms with E-state index >= 15 is 0 Å². The van der Waals surface area contributed by atoms with Crippen LogP contribution in [0.2, 0.25) is 0 Å². The van der Waals surface area contributed by atoms with E-state index in [1.54, 1.807) is 7.11 Å². The second-order valence-corrected chi connectivity index (χ2v) is 4.29. The zero-order valence-corrected chi connectivity index (χ0v) is 9.89. The molecule has 5 nitrogen and oxygen atoms in total. The monoisotopic (exact) mass is 225 g/mol. The molecule has 0 aromatic carbocycles. The molecule has 5 heteroatoms. The first-order valence-corrected chi connectivity index (χ1v) is 5.64. The number of nitrogens with zero attached hydrogens (tertiary/aromatic N) is 3. The first-order chi connectivity index (χ1) is 7.74. The Morgan fingerprint density at radius 2 is 2.44 bits per heavy atom. The maximum atomic E-state index is 8.99. The number of aromatic nitrogens is 2. The van der Waals surface area contributed by atoms with Crippen LogP contribution in [0.4, 0.5) is 0 Å². The van der Waals surface area contributed by atoms with Crippen molar-refractivity contribution in [3.8, 4) is 0 Å². The summed E-state index contributed by atoms with van der Waals surface area (Å²) < 4.78 is 7.13. The molecular formula is C11H19N3O2. The minimum Gasteiger partial charge on any atom is -0.395 e. The van der Waals surface area contributed by atoms with Crippen molar-refractivity contribution in [3.63, 3.8) is 0 Å². The quantitative estimate of drug-likeness (QED) is 0.796. The van der Waals surface area contributed by atoms with Gasteiger partial charge in [0.25, 0.3) is 0 Å². The molecule has 1 aromatic rings. The minimum atomic E-state index is 0.212. The van der Waals surface area contributed by atoms with Gasteiger partial charge in [-0.2, -0.15) is 5.10 Å². The number of aliphatic hydroxyl groups is 1. The molecule has 1 atom stereocenters. The largest absolute Gasteiger partial charge is 0.395 e. The van der Waals surface area contributed by atoms with Crippen molar-refractivity contribution in [2.75, 3.05) is 20.3 Å². The van der Waals surface area contributed by atoms with Crippen LogP contribution in [0.25, 0.3) is 0 Å². The number of ether oxygens (including phenoxy) is 1. The molecule has 1 N–H and O–H groups in total. The van der Waals surface area contributed by atoms with Gasteiger partial charge < -0.3 is 9.84 Å². The van der Waals surface area contributed by atoms with Gasteiger partial charge in [-0.3, -0.25) is 9.58 Å². The Labute approximate surface area is 95.6 Å². The summed E-state index contributed by atoms with van der Waals surface area (Å²) in [6.07, 6.45) is 0. The Hall–Kier alpha value is -0.910. The van der Waals surface area contributed by atoms with Crippen molar-refractivity contribution in [2.24, 2.45) is 0 Å². The second-order valence-electron chi connectivity index (χ2n) is 4.29. The summed E-state index contributed by atoms with van der Waals surface area (Å²) >= 11 is 0. The summed E-state index contributed by atoms with van der Waals surface area (Å²) in [7, 11) is 1.68. The van der Waals surface area contributed by atoms with Gasteiger partial charge in [0.1, 0.15) is 0 Å². The van der Waals surface area contributed by atoms with Crippen molar-refractivity contribution < 1.29 is 9.84 Å². The molecule has 0 fully saturated rings. The predicted molar refractivity (Wildman–Crippen MR) is 59.9 cm³/mol. The lowest BCUT2D eigenvalue weighted by atomic mass is 10.2. The normalized spacial score (nSPS) is 21.1. The molecule has 0 unspecified atom stereocenters. The van der Waals surface area contributed by atoms with E-state index < -0.39 is 0 Å². The Morgan fingerprint density at radius 3 is 3.12 bits per heavy atom. The molecule has 0 spiro atoms. The van der Waals surface area contributed by atoms with E-state index in [0.717, 1.165) is 25.3 Å². The van der Waals surface area contributed by atoms with E-state index in [1.807, 2.05) is 4.68 Å². The molecule has 0 radical (unpaired) electrons. The van der Waals surface area contributed by atoms with Crippen LogP contribution in [-0.4, -0.2) is 46.1 Å². The van der Waals surface area contributed by atoms with Crippen LogP contribution in [0, 0.1) is 0 Å². The van der Waals surface area contributed by atoms with Crippen LogP contribution in [0.3, 0.4) is 0 Å². The van der Waals surface area contributed by atoms with Crippen LogP contribution in [0.1, 0.15) is 18.3 Å². The summed E-state index contributed by atoms with van der Waals surface area (Å²) in [6, 6.07) is 2.51. The third-order valence-corrected chi connectivity index (χ3v) is 3.02. The number of methoxy groups -OCH3 is 1. The minimum absolute atomic E-state index is 0.212. The van der Waals surface area contributed by atoms with Crippen LogP contribution < -0.4 is 0 Å². The highest BCUT2D eigenvalue weighted by Gasteiger charge is 2.23. The Kier molecular flexibility index (Phi) is 3.58. The molecule has 1 aromatic heterocycles. The predicted octanol–water partition coefficient (Wildman–Crippen LogP) is 0.226. The summed E-state index contributed by atoms with van der Waals surface area (Å²) in [5.41, 5.74) is 2.19. The fourth-order valence-electron chi connectivity index (χ4n) is 2.18. The van der Waals surface area contributed by atoms with E-state index in [1.165, 1.54) is 5.69 Å². The van der Waals surface area contributed by atoms with Crippen LogP contribution >= 0.6 is 0 Å². The highest BCUT2D eigenvalue weighted by atomic mass is 16.5. The van der Waals surface area contributed by atoms with Crippen molar-refractivity contribution >= 4 is 0 Å². The van der Waals surface area contributed by atoms with Gasteiger partial charge >= 0.3 is 0 Å². The van der Waals surface area contributed by atoms with Gasteiger partial charge in [-0.25, -0.2) is 0 Å². The van der Waals surface area contributed by atoms with E-state index in [9.17, 15) is 0 Å². The summed E-state index contributed by atoms with van der Waals surface area (Å²) in [5, 5.41) is 13.5. The smallest absolute Gasteiger partial charge is 0.0902 e. The highest BCUT2D eigenvalue weighted by molar-refractivity contribution is 5.12. The van der Waals surface area contributed by atoms with Crippen molar-refractivity contribution in [1.82, 2.24) is 14.7 Å². The standard InChI is InChI=1S/C11H19N3O2/c1-9-6-14-11(7-13(9)3-4-15)5-10(12-14)8-16-2/h5,9,15H,3-4,6-8H2,1-2H3/t9-/m0/s1. The molecular weight excluding hydrogens is 206 g/mol. The van der Waals surface area contributed by atoms with Crippen molar-refractivity contribution in [3.05, 3.63) is 17.5 Å². The topological polar surface area (TPSA) is 50.5 Å². The number of rotatable bonds is 4. The Bertz CT molecular complexity index is 351. The molecule has 0 saturated heterocycles. The summed E-state index contributed by atoms with van der Waals surface area (Å²) in [6.45, 7) is 5.41. The zero-order chi connectivity index (χ0) is 11.5. The molecule has 1 aliphatic heterocycles. The second kappa shape index (κ2) is 4.95. The fourth-order valence-corrected chi connectivity index (χ4v) is 2.18. The first-order valence-electron chi connectivity index (χ1n) is 5.64. The molecule has 0 aliphatic carbocycles. The fraction of sp³-hybridized carbons (Fsp3) is 0.727. The number of fused-ring (bicyclic) bond motifs is 1. The molecule has 0 bridgehead atoms. The van der Waals surface area contributed by atoms with Gasteiger partial charge in [0, 0.05) is 26.2 Å². The molecule has 0 saturated carbocycles. The van der Waals surface area contributed by atoms with Crippen LogP contribution in [0.15, 0.2) is 6.07 Å².